The van der Waals surface area contributed by atoms with Gasteiger partial charge in [0.15, 0.2) is 0 Å². The van der Waals surface area contributed by atoms with E-state index >= 15 is 0 Å². The fourth-order valence-electron chi connectivity index (χ4n) is 1.73. The van der Waals surface area contributed by atoms with Gasteiger partial charge in [0.05, 0.1) is 12.6 Å². The second-order valence-corrected chi connectivity index (χ2v) is 5.07. The van der Waals surface area contributed by atoms with Crippen LogP contribution in [0.25, 0.3) is 0 Å². The van der Waals surface area contributed by atoms with E-state index in [9.17, 15) is 9.90 Å². The molecule has 0 aromatic rings. The van der Waals surface area contributed by atoms with E-state index in [1.807, 2.05) is 6.92 Å². The number of hydrogen-bond acceptors (Lipinski definition) is 3. The molecule has 1 aliphatic rings. The highest BCUT2D eigenvalue weighted by molar-refractivity contribution is 5.85. The van der Waals surface area contributed by atoms with Crippen LogP contribution < -0.4 is 10.6 Å². The Hall–Kier alpha value is -0.320. The fraction of sp³-hybridized carbons (Fsp3) is 0.917. The van der Waals surface area contributed by atoms with Crippen LogP contribution in [0, 0.1) is 11.8 Å². The van der Waals surface area contributed by atoms with Crippen LogP contribution in [0.15, 0.2) is 0 Å². The summed E-state index contributed by atoms with van der Waals surface area (Å²) in [5, 5.41) is 15.2. The highest BCUT2D eigenvalue weighted by Gasteiger charge is 2.20. The summed E-state index contributed by atoms with van der Waals surface area (Å²) in [6, 6.07) is 0. The monoisotopic (exact) mass is 264 g/mol. The van der Waals surface area contributed by atoms with Gasteiger partial charge in [0.1, 0.15) is 0 Å². The van der Waals surface area contributed by atoms with E-state index in [0.717, 1.165) is 18.9 Å². The van der Waals surface area contributed by atoms with Gasteiger partial charge in [-0.3, -0.25) is 4.79 Å². The first-order valence-corrected chi connectivity index (χ1v) is 6.23. The highest BCUT2D eigenvalue weighted by Crippen LogP contribution is 2.27. The minimum absolute atomic E-state index is 0. The third kappa shape index (κ3) is 9.39. The van der Waals surface area contributed by atoms with Crippen LogP contribution in [0.2, 0.25) is 0 Å². The van der Waals surface area contributed by atoms with Gasteiger partial charge in [-0.1, -0.05) is 6.92 Å². The van der Waals surface area contributed by atoms with Crippen molar-refractivity contribution < 1.29 is 9.90 Å². The lowest BCUT2D eigenvalue weighted by Crippen LogP contribution is -2.37. The Labute approximate surface area is 110 Å². The number of rotatable bonds is 8. The van der Waals surface area contributed by atoms with Gasteiger partial charge in [0.2, 0.25) is 5.91 Å². The molecule has 3 N–H and O–H groups in total. The summed E-state index contributed by atoms with van der Waals surface area (Å²) in [5.74, 6) is 1.19. The number of halogens is 1. The van der Waals surface area contributed by atoms with Gasteiger partial charge >= 0.3 is 0 Å². The molecule has 0 radical (unpaired) electrons. The summed E-state index contributed by atoms with van der Waals surface area (Å²) in [4.78, 5) is 11.4. The summed E-state index contributed by atoms with van der Waals surface area (Å²) in [6.07, 6.45) is 3.05. The molecule has 0 aliphatic heterocycles. The molecule has 0 aromatic heterocycles. The Kier molecular flexibility index (Phi) is 8.56. The average Bonchev–Trinajstić information content (AvgIpc) is 2.97. The largest absolute Gasteiger partial charge is 0.393 e. The standard InChI is InChI=1S/C12H24N2O2.ClH/c1-9(5-10(2)15)6-14-12(16)8-13-7-11-3-4-11;/h9-11,13,15H,3-8H2,1-2H3,(H,14,16);1H. The van der Waals surface area contributed by atoms with E-state index in [0.29, 0.717) is 19.0 Å². The molecule has 0 spiro atoms. The Morgan fingerprint density at radius 3 is 2.59 bits per heavy atom. The van der Waals surface area contributed by atoms with Crippen LogP contribution in [-0.4, -0.2) is 36.8 Å². The van der Waals surface area contributed by atoms with Crippen molar-refractivity contribution >= 4 is 18.3 Å². The first-order valence-electron chi connectivity index (χ1n) is 6.23. The Balaban J connectivity index is 0.00000256. The molecule has 0 saturated heterocycles. The highest BCUT2D eigenvalue weighted by atomic mass is 35.5. The van der Waals surface area contributed by atoms with Crippen LogP contribution in [0.3, 0.4) is 0 Å². The van der Waals surface area contributed by atoms with Gasteiger partial charge in [0, 0.05) is 6.54 Å². The molecule has 1 rings (SSSR count). The Bertz CT molecular complexity index is 221. The van der Waals surface area contributed by atoms with Gasteiger partial charge in [-0.25, -0.2) is 0 Å². The number of nitrogens with one attached hydrogen (secondary N) is 2. The molecule has 1 fully saturated rings. The number of aliphatic hydroxyl groups excluding tert-OH is 1. The van der Waals surface area contributed by atoms with Crippen molar-refractivity contribution in [3.63, 3.8) is 0 Å². The van der Waals surface area contributed by atoms with Crippen LogP contribution in [0.4, 0.5) is 0 Å². The third-order valence-electron chi connectivity index (χ3n) is 2.81. The van der Waals surface area contributed by atoms with Gasteiger partial charge in [0.25, 0.3) is 0 Å². The van der Waals surface area contributed by atoms with Gasteiger partial charge < -0.3 is 15.7 Å². The number of carbonyl (C=O) groups is 1. The summed E-state index contributed by atoms with van der Waals surface area (Å²) in [7, 11) is 0. The zero-order chi connectivity index (χ0) is 12.0. The fourth-order valence-corrected chi connectivity index (χ4v) is 1.73. The van der Waals surface area contributed by atoms with Crippen LogP contribution >= 0.6 is 12.4 Å². The number of amides is 1. The molecule has 1 aliphatic carbocycles. The molecule has 4 nitrogen and oxygen atoms in total. The molecule has 1 amide bonds. The van der Waals surface area contributed by atoms with Crippen molar-refractivity contribution in [3.8, 4) is 0 Å². The minimum Gasteiger partial charge on any atom is -0.393 e. The lowest BCUT2D eigenvalue weighted by Gasteiger charge is -2.14. The zero-order valence-electron chi connectivity index (χ0n) is 10.7. The Morgan fingerprint density at radius 1 is 1.41 bits per heavy atom. The molecule has 0 heterocycles. The van der Waals surface area contributed by atoms with E-state index in [4.69, 9.17) is 0 Å². The maximum absolute atomic E-state index is 11.4. The van der Waals surface area contributed by atoms with E-state index < -0.39 is 0 Å². The second-order valence-electron chi connectivity index (χ2n) is 5.07. The molecule has 0 bridgehead atoms. The minimum atomic E-state index is -0.292. The average molecular weight is 265 g/mol. The molecular weight excluding hydrogens is 240 g/mol. The molecular formula is C12H25ClN2O2. The molecule has 5 heteroatoms. The first-order chi connectivity index (χ1) is 7.58. The van der Waals surface area contributed by atoms with E-state index in [1.165, 1.54) is 12.8 Å². The van der Waals surface area contributed by atoms with Crippen molar-refractivity contribution in [3.05, 3.63) is 0 Å². The molecule has 1 saturated carbocycles. The predicted molar refractivity (Wildman–Crippen MR) is 71.3 cm³/mol. The number of aliphatic hydroxyl groups is 1. The van der Waals surface area contributed by atoms with Crippen molar-refractivity contribution in [1.29, 1.82) is 0 Å². The lowest BCUT2D eigenvalue weighted by molar-refractivity contribution is -0.120. The second kappa shape index (κ2) is 8.72. The molecule has 17 heavy (non-hydrogen) atoms. The van der Waals surface area contributed by atoms with Crippen molar-refractivity contribution in [1.82, 2.24) is 10.6 Å². The normalized spacial score (nSPS) is 18.1. The zero-order valence-corrected chi connectivity index (χ0v) is 11.6. The van der Waals surface area contributed by atoms with Gasteiger partial charge in [-0.05, 0) is 44.6 Å². The SMILES string of the molecule is CC(O)CC(C)CNC(=O)CNCC1CC1.Cl. The van der Waals surface area contributed by atoms with Gasteiger partial charge in [-0.15, -0.1) is 12.4 Å². The first kappa shape index (κ1) is 16.7. The Morgan fingerprint density at radius 2 is 2.06 bits per heavy atom. The number of hydrogen-bond donors (Lipinski definition) is 3. The maximum Gasteiger partial charge on any atom is 0.233 e. The summed E-state index contributed by atoms with van der Waals surface area (Å²) >= 11 is 0. The third-order valence-corrected chi connectivity index (χ3v) is 2.81. The smallest absolute Gasteiger partial charge is 0.233 e. The summed E-state index contributed by atoms with van der Waals surface area (Å²) in [6.45, 7) is 5.84. The van der Waals surface area contributed by atoms with Crippen LogP contribution in [-0.2, 0) is 4.79 Å². The summed E-state index contributed by atoms with van der Waals surface area (Å²) < 4.78 is 0. The van der Waals surface area contributed by atoms with Crippen LogP contribution in [0.1, 0.15) is 33.1 Å². The van der Waals surface area contributed by atoms with Crippen molar-refractivity contribution in [2.75, 3.05) is 19.6 Å². The molecule has 102 valence electrons. The predicted octanol–water partition coefficient (Wildman–Crippen LogP) is 0.931. The van der Waals surface area contributed by atoms with Crippen molar-refractivity contribution in [2.45, 2.75) is 39.2 Å². The molecule has 2 atom stereocenters. The van der Waals surface area contributed by atoms with Crippen LogP contribution in [0.5, 0.6) is 0 Å². The van der Waals surface area contributed by atoms with Crippen molar-refractivity contribution in [2.24, 2.45) is 11.8 Å². The van der Waals surface area contributed by atoms with E-state index in [2.05, 4.69) is 10.6 Å². The van der Waals surface area contributed by atoms with E-state index in [1.54, 1.807) is 6.92 Å². The number of carbonyl (C=O) groups excluding carboxylic acids is 1. The lowest BCUT2D eigenvalue weighted by atomic mass is 10.1. The summed E-state index contributed by atoms with van der Waals surface area (Å²) in [5.41, 5.74) is 0. The van der Waals surface area contributed by atoms with E-state index in [-0.39, 0.29) is 24.4 Å². The van der Waals surface area contributed by atoms with Gasteiger partial charge in [-0.2, -0.15) is 0 Å². The quantitative estimate of drug-likeness (QED) is 0.611. The topological polar surface area (TPSA) is 61.4 Å². The maximum atomic E-state index is 11.4. The molecule has 2 unspecified atom stereocenters. The molecule has 0 aromatic carbocycles.